The predicted molar refractivity (Wildman–Crippen MR) is 87.0 cm³/mol. The van der Waals surface area contributed by atoms with Gasteiger partial charge < -0.3 is 11.1 Å². The van der Waals surface area contributed by atoms with E-state index in [-0.39, 0.29) is 23.4 Å². The van der Waals surface area contributed by atoms with Gasteiger partial charge in [0.1, 0.15) is 0 Å². The molecule has 0 radical (unpaired) electrons. The van der Waals surface area contributed by atoms with Crippen LogP contribution in [0.4, 0.5) is 0 Å². The normalized spacial score (nSPS) is 14.9. The summed E-state index contributed by atoms with van der Waals surface area (Å²) in [6.45, 7) is 10.6. The van der Waals surface area contributed by atoms with E-state index in [4.69, 9.17) is 5.73 Å². The summed E-state index contributed by atoms with van der Waals surface area (Å²) in [5.74, 6) is 0.0579. The lowest BCUT2D eigenvalue weighted by Crippen LogP contribution is -2.38. The minimum atomic E-state index is -0.0637. The number of thiophene rings is 1. The highest BCUT2D eigenvalue weighted by Crippen LogP contribution is 2.21. The molecule has 114 valence electrons. The van der Waals surface area contributed by atoms with E-state index in [1.807, 2.05) is 6.92 Å². The van der Waals surface area contributed by atoms with Crippen molar-refractivity contribution >= 4 is 17.2 Å². The Bertz CT molecular complexity index is 434. The molecule has 0 aromatic carbocycles. The zero-order valence-electron chi connectivity index (χ0n) is 13.3. The standard InChI is InChI=1S/C16H28N2OS/c1-11(8-14-7-6-12(2)20-14)18-15(19)9-13(17)10-16(3,4)5/h6-7,11,13H,8-10,17H2,1-5H3,(H,18,19). The average Bonchev–Trinajstić information content (AvgIpc) is 2.59. The fourth-order valence-electron chi connectivity index (χ4n) is 2.38. The maximum absolute atomic E-state index is 12.0. The summed E-state index contributed by atoms with van der Waals surface area (Å²) in [4.78, 5) is 14.6. The lowest BCUT2D eigenvalue weighted by Gasteiger charge is -2.23. The Morgan fingerprint density at radius 1 is 1.40 bits per heavy atom. The highest BCUT2D eigenvalue weighted by atomic mass is 32.1. The first kappa shape index (κ1) is 17.2. The van der Waals surface area contributed by atoms with Crippen LogP contribution in [-0.4, -0.2) is 18.0 Å². The maximum Gasteiger partial charge on any atom is 0.221 e. The third-order valence-electron chi connectivity index (χ3n) is 3.03. The molecule has 0 aliphatic rings. The minimum Gasteiger partial charge on any atom is -0.353 e. The summed E-state index contributed by atoms with van der Waals surface area (Å²) in [6, 6.07) is 4.34. The molecule has 2 unspecified atom stereocenters. The highest BCUT2D eigenvalue weighted by Gasteiger charge is 2.19. The van der Waals surface area contributed by atoms with Crippen molar-refractivity contribution in [3.63, 3.8) is 0 Å². The Kier molecular flexibility index (Phi) is 6.21. The van der Waals surface area contributed by atoms with Crippen molar-refractivity contribution in [2.24, 2.45) is 11.1 Å². The Balaban J connectivity index is 2.34. The van der Waals surface area contributed by atoms with Gasteiger partial charge in [-0.15, -0.1) is 11.3 Å². The van der Waals surface area contributed by atoms with E-state index in [1.54, 1.807) is 11.3 Å². The molecule has 0 aliphatic heterocycles. The maximum atomic E-state index is 12.0. The number of carbonyl (C=O) groups is 1. The second-order valence-corrected chi connectivity index (χ2v) is 8.29. The lowest BCUT2D eigenvalue weighted by molar-refractivity contribution is -0.122. The van der Waals surface area contributed by atoms with Crippen LogP contribution >= 0.6 is 11.3 Å². The summed E-state index contributed by atoms with van der Waals surface area (Å²) in [6.07, 6.45) is 2.16. The number of carbonyl (C=O) groups excluding carboxylic acids is 1. The second kappa shape index (κ2) is 7.23. The molecular weight excluding hydrogens is 268 g/mol. The van der Waals surface area contributed by atoms with Crippen molar-refractivity contribution in [2.45, 2.75) is 66.0 Å². The van der Waals surface area contributed by atoms with E-state index in [1.165, 1.54) is 9.75 Å². The summed E-state index contributed by atoms with van der Waals surface area (Å²) in [5.41, 5.74) is 6.20. The van der Waals surface area contributed by atoms with E-state index in [2.05, 4.69) is 45.1 Å². The summed E-state index contributed by atoms with van der Waals surface area (Å²) < 4.78 is 0. The van der Waals surface area contributed by atoms with Crippen molar-refractivity contribution in [3.05, 3.63) is 21.9 Å². The zero-order chi connectivity index (χ0) is 15.3. The minimum absolute atomic E-state index is 0.0579. The van der Waals surface area contributed by atoms with Crippen molar-refractivity contribution in [1.82, 2.24) is 5.32 Å². The van der Waals surface area contributed by atoms with Crippen LogP contribution in [0.15, 0.2) is 12.1 Å². The summed E-state index contributed by atoms with van der Waals surface area (Å²) in [5, 5.41) is 3.04. The second-order valence-electron chi connectivity index (χ2n) is 6.91. The van der Waals surface area contributed by atoms with E-state index in [9.17, 15) is 4.79 Å². The van der Waals surface area contributed by atoms with Crippen LogP contribution in [0.25, 0.3) is 0 Å². The van der Waals surface area contributed by atoms with Gasteiger partial charge in [-0.25, -0.2) is 0 Å². The molecule has 1 aromatic heterocycles. The van der Waals surface area contributed by atoms with Crippen LogP contribution in [0.2, 0.25) is 0 Å². The molecule has 3 N–H and O–H groups in total. The van der Waals surface area contributed by atoms with Crippen LogP contribution in [0, 0.1) is 12.3 Å². The average molecular weight is 296 g/mol. The number of amides is 1. The molecule has 20 heavy (non-hydrogen) atoms. The molecule has 0 aliphatic carbocycles. The molecule has 1 rings (SSSR count). The van der Waals surface area contributed by atoms with E-state index in [0.717, 1.165) is 12.8 Å². The van der Waals surface area contributed by atoms with Crippen molar-refractivity contribution in [2.75, 3.05) is 0 Å². The van der Waals surface area contributed by atoms with Gasteiger partial charge in [-0.2, -0.15) is 0 Å². The van der Waals surface area contributed by atoms with Crippen LogP contribution in [0.1, 0.15) is 50.3 Å². The zero-order valence-corrected chi connectivity index (χ0v) is 14.1. The Morgan fingerprint density at radius 2 is 2.05 bits per heavy atom. The van der Waals surface area contributed by atoms with Gasteiger partial charge in [0.05, 0.1) is 0 Å². The Hall–Kier alpha value is -0.870. The van der Waals surface area contributed by atoms with Gasteiger partial charge >= 0.3 is 0 Å². The molecule has 0 fully saturated rings. The molecule has 2 atom stereocenters. The SMILES string of the molecule is Cc1ccc(CC(C)NC(=O)CC(N)CC(C)(C)C)s1. The molecule has 1 aromatic rings. The lowest BCUT2D eigenvalue weighted by atomic mass is 9.87. The molecule has 0 saturated heterocycles. The molecule has 3 nitrogen and oxygen atoms in total. The van der Waals surface area contributed by atoms with E-state index in [0.29, 0.717) is 6.42 Å². The van der Waals surface area contributed by atoms with Gasteiger partial charge in [0, 0.05) is 34.7 Å². The first-order valence-electron chi connectivity index (χ1n) is 7.26. The number of aryl methyl sites for hydroxylation is 1. The summed E-state index contributed by atoms with van der Waals surface area (Å²) in [7, 11) is 0. The summed E-state index contributed by atoms with van der Waals surface area (Å²) >= 11 is 1.79. The first-order valence-corrected chi connectivity index (χ1v) is 8.07. The molecule has 1 heterocycles. The topological polar surface area (TPSA) is 55.1 Å². The Morgan fingerprint density at radius 3 is 2.55 bits per heavy atom. The number of rotatable bonds is 6. The van der Waals surface area contributed by atoms with Crippen LogP contribution < -0.4 is 11.1 Å². The molecule has 4 heteroatoms. The predicted octanol–water partition coefficient (Wildman–Crippen LogP) is 3.26. The first-order chi connectivity index (χ1) is 9.15. The number of nitrogens with two attached hydrogens (primary N) is 1. The third-order valence-corrected chi connectivity index (χ3v) is 4.06. The van der Waals surface area contributed by atoms with Gasteiger partial charge in [0.15, 0.2) is 0 Å². The molecule has 0 saturated carbocycles. The van der Waals surface area contributed by atoms with Gasteiger partial charge in [-0.1, -0.05) is 20.8 Å². The van der Waals surface area contributed by atoms with Crippen molar-refractivity contribution in [1.29, 1.82) is 0 Å². The quantitative estimate of drug-likeness (QED) is 0.846. The fraction of sp³-hybridized carbons (Fsp3) is 0.688. The number of hydrogen-bond donors (Lipinski definition) is 2. The third kappa shape index (κ3) is 7.06. The fourth-order valence-corrected chi connectivity index (χ4v) is 3.40. The molecular formula is C16H28N2OS. The van der Waals surface area contributed by atoms with Gasteiger partial charge in [0.25, 0.3) is 0 Å². The number of hydrogen-bond acceptors (Lipinski definition) is 3. The molecule has 1 amide bonds. The monoisotopic (exact) mass is 296 g/mol. The van der Waals surface area contributed by atoms with Crippen LogP contribution in [0.3, 0.4) is 0 Å². The Labute approximate surface area is 127 Å². The van der Waals surface area contributed by atoms with Crippen LogP contribution in [0.5, 0.6) is 0 Å². The van der Waals surface area contributed by atoms with E-state index >= 15 is 0 Å². The van der Waals surface area contributed by atoms with Crippen molar-refractivity contribution in [3.8, 4) is 0 Å². The van der Waals surface area contributed by atoms with Crippen LogP contribution in [-0.2, 0) is 11.2 Å². The largest absolute Gasteiger partial charge is 0.353 e. The van der Waals surface area contributed by atoms with Crippen molar-refractivity contribution < 1.29 is 4.79 Å². The van der Waals surface area contributed by atoms with Gasteiger partial charge in [-0.05, 0) is 37.8 Å². The molecule has 0 spiro atoms. The number of nitrogens with one attached hydrogen (secondary N) is 1. The van der Waals surface area contributed by atoms with Gasteiger partial charge in [-0.3, -0.25) is 4.79 Å². The highest BCUT2D eigenvalue weighted by molar-refractivity contribution is 7.11. The molecule has 0 bridgehead atoms. The smallest absolute Gasteiger partial charge is 0.221 e. The van der Waals surface area contributed by atoms with E-state index < -0.39 is 0 Å². The van der Waals surface area contributed by atoms with Gasteiger partial charge in [0.2, 0.25) is 5.91 Å².